The lowest BCUT2D eigenvalue weighted by Crippen LogP contribution is -2.44. The average molecular weight is 372 g/mol. The molecule has 2 heterocycles. The van der Waals surface area contributed by atoms with E-state index < -0.39 is 0 Å². The summed E-state index contributed by atoms with van der Waals surface area (Å²) in [5.41, 5.74) is 2.89. The topological polar surface area (TPSA) is 81.2 Å². The van der Waals surface area contributed by atoms with Crippen LogP contribution in [0.2, 0.25) is 0 Å². The van der Waals surface area contributed by atoms with Crippen molar-refractivity contribution in [1.82, 2.24) is 20.2 Å². The number of nitrogens with one attached hydrogen (secondary N) is 2. The Morgan fingerprint density at radius 2 is 2.15 bits per heavy atom. The van der Waals surface area contributed by atoms with Gasteiger partial charge in [0.2, 0.25) is 0 Å². The number of benzene rings is 1. The summed E-state index contributed by atoms with van der Waals surface area (Å²) in [6.07, 6.45) is 0. The molecule has 0 saturated carbocycles. The van der Waals surface area contributed by atoms with Crippen molar-refractivity contribution in [3.63, 3.8) is 0 Å². The molecule has 6 nitrogen and oxygen atoms in total. The molecule has 26 heavy (non-hydrogen) atoms. The van der Waals surface area contributed by atoms with Gasteiger partial charge in [0.05, 0.1) is 23.7 Å². The summed E-state index contributed by atoms with van der Waals surface area (Å²) >= 11 is 1.59. The Hall–Kier alpha value is -2.38. The lowest BCUT2D eigenvalue weighted by atomic mass is 10.0. The number of H-pyrrole nitrogens is 1. The van der Waals surface area contributed by atoms with Gasteiger partial charge < -0.3 is 20.3 Å². The smallest absolute Gasteiger partial charge is 0.318 e. The number of nitrogens with zero attached hydrogens (tertiary/aromatic N) is 2. The number of urea groups is 1. The second-order valence-electron chi connectivity index (χ2n) is 6.59. The lowest BCUT2D eigenvalue weighted by Gasteiger charge is -2.27. The molecule has 1 atom stereocenters. The summed E-state index contributed by atoms with van der Waals surface area (Å²) in [7, 11) is 0. The second kappa shape index (κ2) is 8.33. The Morgan fingerprint density at radius 3 is 2.81 bits per heavy atom. The number of para-hydroxylation sites is 2. The van der Waals surface area contributed by atoms with Crippen molar-refractivity contribution in [1.29, 1.82) is 0 Å². The number of imidazole rings is 1. The van der Waals surface area contributed by atoms with E-state index in [1.165, 1.54) is 0 Å². The van der Waals surface area contributed by atoms with Gasteiger partial charge in [-0.3, -0.25) is 0 Å². The van der Waals surface area contributed by atoms with Crippen LogP contribution in [0.25, 0.3) is 11.0 Å². The van der Waals surface area contributed by atoms with Crippen molar-refractivity contribution in [3.8, 4) is 0 Å². The van der Waals surface area contributed by atoms with Crippen LogP contribution in [0.4, 0.5) is 4.79 Å². The van der Waals surface area contributed by atoms with Crippen LogP contribution in [0, 0.1) is 5.92 Å². The van der Waals surface area contributed by atoms with Crippen molar-refractivity contribution in [2.45, 2.75) is 26.4 Å². The van der Waals surface area contributed by atoms with Gasteiger partial charge in [-0.1, -0.05) is 26.0 Å². The largest absolute Gasteiger partial charge is 0.395 e. The van der Waals surface area contributed by atoms with E-state index >= 15 is 0 Å². The number of carbonyl (C=O) groups is 1. The van der Waals surface area contributed by atoms with Crippen LogP contribution < -0.4 is 5.32 Å². The third kappa shape index (κ3) is 4.23. The number of fused-ring (bicyclic) bond motifs is 1. The van der Waals surface area contributed by atoms with Crippen LogP contribution in [-0.2, 0) is 6.54 Å². The molecule has 1 unspecified atom stereocenters. The number of rotatable bonds is 7. The summed E-state index contributed by atoms with van der Waals surface area (Å²) in [4.78, 5) is 22.4. The molecule has 3 aromatic rings. The van der Waals surface area contributed by atoms with Gasteiger partial charge >= 0.3 is 6.03 Å². The molecule has 2 aromatic heterocycles. The summed E-state index contributed by atoms with van der Waals surface area (Å²) in [5.74, 6) is 0.908. The normalized spacial score (nSPS) is 12.5. The first-order valence-electron chi connectivity index (χ1n) is 8.70. The molecule has 1 aromatic carbocycles. The zero-order valence-electron chi connectivity index (χ0n) is 15.0. The SMILES string of the molecule is CC(C)C(NC(=O)N(CCO)Cc1ccsc1)c1nc2ccccc2[nH]1. The first kappa shape index (κ1) is 18.4. The molecule has 3 rings (SSSR count). The third-order valence-electron chi connectivity index (χ3n) is 4.26. The lowest BCUT2D eigenvalue weighted by molar-refractivity contribution is 0.167. The monoisotopic (exact) mass is 372 g/mol. The van der Waals surface area contributed by atoms with Crippen LogP contribution in [0.15, 0.2) is 41.1 Å². The summed E-state index contributed by atoms with van der Waals surface area (Å²) in [6.45, 7) is 4.78. The van der Waals surface area contributed by atoms with E-state index in [0.29, 0.717) is 6.54 Å². The van der Waals surface area contributed by atoms with E-state index in [2.05, 4.69) is 15.3 Å². The molecular weight excluding hydrogens is 348 g/mol. The molecule has 3 N–H and O–H groups in total. The summed E-state index contributed by atoms with van der Waals surface area (Å²) in [6, 6.07) is 9.37. The van der Waals surface area contributed by atoms with Crippen molar-refractivity contribution in [2.75, 3.05) is 13.2 Å². The fourth-order valence-electron chi connectivity index (χ4n) is 2.87. The minimum Gasteiger partial charge on any atom is -0.395 e. The molecule has 0 saturated heterocycles. The molecule has 7 heteroatoms. The highest BCUT2D eigenvalue weighted by Gasteiger charge is 2.24. The van der Waals surface area contributed by atoms with E-state index in [4.69, 9.17) is 0 Å². The van der Waals surface area contributed by atoms with Gasteiger partial charge in [0.1, 0.15) is 5.82 Å². The fraction of sp³-hybridized carbons (Fsp3) is 0.368. The van der Waals surface area contributed by atoms with E-state index in [9.17, 15) is 9.90 Å². The Balaban J connectivity index is 1.78. The van der Waals surface area contributed by atoms with E-state index in [1.807, 2.05) is 54.9 Å². The zero-order valence-corrected chi connectivity index (χ0v) is 15.8. The molecule has 0 bridgehead atoms. The molecule has 0 aliphatic carbocycles. The van der Waals surface area contributed by atoms with Crippen molar-refractivity contribution < 1.29 is 9.90 Å². The van der Waals surface area contributed by atoms with E-state index in [0.717, 1.165) is 22.4 Å². The molecule has 0 radical (unpaired) electrons. The van der Waals surface area contributed by atoms with Crippen molar-refractivity contribution in [3.05, 3.63) is 52.5 Å². The third-order valence-corrected chi connectivity index (χ3v) is 4.99. The number of carbonyl (C=O) groups excluding carboxylic acids is 1. The van der Waals surface area contributed by atoms with E-state index in [1.54, 1.807) is 16.2 Å². The summed E-state index contributed by atoms with van der Waals surface area (Å²) < 4.78 is 0. The molecule has 0 spiro atoms. The first-order chi connectivity index (χ1) is 12.6. The Labute approximate surface area is 156 Å². The highest BCUT2D eigenvalue weighted by atomic mass is 32.1. The van der Waals surface area contributed by atoms with Crippen molar-refractivity contribution >= 4 is 28.4 Å². The van der Waals surface area contributed by atoms with Gasteiger partial charge in [-0.25, -0.2) is 9.78 Å². The van der Waals surface area contributed by atoms with Crippen molar-refractivity contribution in [2.24, 2.45) is 5.92 Å². The van der Waals surface area contributed by atoms with Crippen LogP contribution >= 0.6 is 11.3 Å². The number of thiophene rings is 1. The van der Waals surface area contributed by atoms with Gasteiger partial charge in [-0.05, 0) is 40.4 Å². The first-order valence-corrected chi connectivity index (χ1v) is 9.64. The molecule has 0 fully saturated rings. The highest BCUT2D eigenvalue weighted by Crippen LogP contribution is 2.22. The quantitative estimate of drug-likeness (QED) is 0.593. The number of aromatic amines is 1. The standard InChI is InChI=1S/C19H24N4O2S/c1-13(2)17(18-20-15-5-3-4-6-16(15)21-18)22-19(25)23(8-9-24)11-14-7-10-26-12-14/h3-7,10,12-13,17,24H,8-9,11H2,1-2H3,(H,20,21)(H,22,25). The minimum absolute atomic E-state index is 0.0749. The van der Waals surface area contributed by atoms with Gasteiger partial charge in [-0.15, -0.1) is 0 Å². The van der Waals surface area contributed by atoms with Crippen LogP contribution in [0.1, 0.15) is 31.3 Å². The predicted molar refractivity (Wildman–Crippen MR) is 104 cm³/mol. The van der Waals surface area contributed by atoms with Gasteiger partial charge in [0.15, 0.2) is 0 Å². The maximum Gasteiger partial charge on any atom is 0.318 e. The average Bonchev–Trinajstić information content (AvgIpc) is 3.27. The van der Waals surface area contributed by atoms with Crippen LogP contribution in [0.5, 0.6) is 0 Å². The molecule has 2 amide bonds. The maximum atomic E-state index is 12.8. The second-order valence-corrected chi connectivity index (χ2v) is 7.37. The van der Waals surface area contributed by atoms with Crippen LogP contribution in [0.3, 0.4) is 0 Å². The molecule has 138 valence electrons. The highest BCUT2D eigenvalue weighted by molar-refractivity contribution is 7.07. The zero-order chi connectivity index (χ0) is 18.5. The van der Waals surface area contributed by atoms with Gasteiger partial charge in [-0.2, -0.15) is 11.3 Å². The molecule has 0 aliphatic heterocycles. The maximum absolute atomic E-state index is 12.8. The number of hydrogen-bond acceptors (Lipinski definition) is 4. The molecular formula is C19H24N4O2S. The predicted octanol–water partition coefficient (Wildman–Crippen LogP) is 3.53. The van der Waals surface area contributed by atoms with Crippen LogP contribution in [-0.4, -0.2) is 39.2 Å². The Morgan fingerprint density at radius 1 is 1.35 bits per heavy atom. The van der Waals surface area contributed by atoms with Gasteiger partial charge in [0, 0.05) is 13.1 Å². The van der Waals surface area contributed by atoms with Gasteiger partial charge in [0.25, 0.3) is 0 Å². The Bertz CT molecular complexity index is 811. The van der Waals surface area contributed by atoms with E-state index in [-0.39, 0.29) is 31.1 Å². The number of aliphatic hydroxyl groups is 1. The number of aliphatic hydroxyl groups excluding tert-OH is 1. The number of hydrogen-bond donors (Lipinski definition) is 3. The molecule has 0 aliphatic rings. The number of amides is 2. The fourth-order valence-corrected chi connectivity index (χ4v) is 3.53. The minimum atomic E-state index is -0.237. The number of aromatic nitrogens is 2. The summed E-state index contributed by atoms with van der Waals surface area (Å²) in [5, 5.41) is 16.4. The Kier molecular flexibility index (Phi) is 5.90.